The molecule has 1 atom stereocenters. The van der Waals surface area contributed by atoms with Crippen LogP contribution in [0.2, 0.25) is 0 Å². The number of benzene rings is 1. The van der Waals surface area contributed by atoms with Crippen molar-refractivity contribution in [2.45, 2.75) is 61.6 Å². The zero-order valence-electron chi connectivity index (χ0n) is 22.1. The Balaban J connectivity index is 1.59. The van der Waals surface area contributed by atoms with E-state index < -0.39 is 11.6 Å². The first-order valence-corrected chi connectivity index (χ1v) is 14.7. The monoisotopic (exact) mass is 637 g/mol. The second-order valence-electron chi connectivity index (χ2n) is 11.0. The van der Waals surface area contributed by atoms with E-state index >= 15 is 0 Å². The third-order valence-electron chi connectivity index (χ3n) is 8.12. The molecule has 3 aliphatic carbocycles. The number of carboxylic acid groups (broad SMARTS) is 1. The van der Waals surface area contributed by atoms with E-state index in [1.807, 2.05) is 18.2 Å². The maximum Gasteiger partial charge on any atom is 0.335 e. The third kappa shape index (κ3) is 6.11. The summed E-state index contributed by atoms with van der Waals surface area (Å²) in [5.74, 6) is -0.454. The summed E-state index contributed by atoms with van der Waals surface area (Å²) in [5.41, 5.74) is 6.70. The molecule has 5 rings (SSSR count). The summed E-state index contributed by atoms with van der Waals surface area (Å²) >= 11 is 2.32. The van der Waals surface area contributed by atoms with Gasteiger partial charge in [-0.1, -0.05) is 71.2 Å². The Morgan fingerprint density at radius 2 is 1.90 bits per heavy atom. The number of fused-ring (bicyclic) bond motifs is 1. The molecule has 0 saturated heterocycles. The number of rotatable bonds is 6. The zero-order chi connectivity index (χ0) is 27.7. The highest BCUT2D eigenvalue weighted by Crippen LogP contribution is 2.40. The van der Waals surface area contributed by atoms with Crippen LogP contribution in [0, 0.1) is 5.92 Å². The van der Waals surface area contributed by atoms with Gasteiger partial charge in [0.15, 0.2) is 5.78 Å². The lowest BCUT2D eigenvalue weighted by Crippen LogP contribution is -2.29. The van der Waals surface area contributed by atoms with Gasteiger partial charge in [-0.15, -0.1) is 0 Å². The number of aromatic nitrogens is 1. The number of halogens is 2. The van der Waals surface area contributed by atoms with Crippen molar-refractivity contribution in [2.24, 2.45) is 5.92 Å². The van der Waals surface area contributed by atoms with Crippen LogP contribution in [0.5, 0.6) is 0 Å². The molecule has 6 heteroatoms. The number of ketones is 1. The molecule has 0 radical (unpaired) electrons. The van der Waals surface area contributed by atoms with Gasteiger partial charge in [-0.25, -0.2) is 9.18 Å². The predicted molar refractivity (Wildman–Crippen MR) is 163 cm³/mol. The lowest BCUT2D eigenvalue weighted by atomic mass is 9.80. The van der Waals surface area contributed by atoms with Crippen molar-refractivity contribution < 1.29 is 19.1 Å². The minimum absolute atomic E-state index is 0.126. The van der Waals surface area contributed by atoms with Crippen molar-refractivity contribution in [1.29, 1.82) is 0 Å². The normalized spacial score (nSPS) is 25.1. The SMILES string of the molecule is C=CC1(F)CCC(Cn2cc(-c3ccc(C(=O)O)cc3)c3c2C=C(C2=CC(I)CC(=O)C=C2)C=C(C)C3)CC1. The van der Waals surface area contributed by atoms with Gasteiger partial charge in [-0.05, 0) is 91.5 Å². The van der Waals surface area contributed by atoms with Crippen LogP contribution in [0.4, 0.5) is 4.39 Å². The molecule has 0 amide bonds. The molecule has 4 nitrogen and oxygen atoms in total. The van der Waals surface area contributed by atoms with E-state index in [1.165, 1.54) is 17.2 Å². The summed E-state index contributed by atoms with van der Waals surface area (Å²) in [6.07, 6.45) is 17.7. The van der Waals surface area contributed by atoms with Gasteiger partial charge in [0.05, 0.1) is 5.56 Å². The van der Waals surface area contributed by atoms with Crippen molar-refractivity contribution in [1.82, 2.24) is 4.57 Å². The van der Waals surface area contributed by atoms with Crippen LogP contribution in [-0.2, 0) is 17.8 Å². The number of nitrogens with zero attached hydrogens (tertiary/aromatic N) is 1. The van der Waals surface area contributed by atoms with Crippen molar-refractivity contribution in [3.63, 3.8) is 0 Å². The van der Waals surface area contributed by atoms with Crippen molar-refractivity contribution in [3.8, 4) is 11.1 Å². The Labute approximate surface area is 242 Å². The molecule has 1 heterocycles. The van der Waals surface area contributed by atoms with E-state index in [0.29, 0.717) is 25.2 Å². The molecule has 1 saturated carbocycles. The molecule has 202 valence electrons. The largest absolute Gasteiger partial charge is 0.478 e. The number of alkyl halides is 2. The van der Waals surface area contributed by atoms with E-state index in [1.54, 1.807) is 18.2 Å². The van der Waals surface area contributed by atoms with Crippen LogP contribution in [0.25, 0.3) is 17.2 Å². The fourth-order valence-electron chi connectivity index (χ4n) is 5.88. The van der Waals surface area contributed by atoms with Crippen LogP contribution in [0.1, 0.15) is 60.6 Å². The summed E-state index contributed by atoms with van der Waals surface area (Å²) in [7, 11) is 0. The summed E-state index contributed by atoms with van der Waals surface area (Å²) in [6.45, 7) is 6.61. The maximum atomic E-state index is 14.8. The summed E-state index contributed by atoms with van der Waals surface area (Å²) in [6, 6.07) is 7.06. The summed E-state index contributed by atoms with van der Waals surface area (Å²) in [4.78, 5) is 23.6. The Morgan fingerprint density at radius 3 is 2.56 bits per heavy atom. The molecule has 1 aromatic carbocycles. The smallest absolute Gasteiger partial charge is 0.335 e. The number of carbonyl (C=O) groups excluding carboxylic acids is 1. The van der Waals surface area contributed by atoms with Gasteiger partial charge in [0.25, 0.3) is 0 Å². The Kier molecular flexibility index (Phi) is 7.94. The molecule has 0 bridgehead atoms. The molecular weight excluding hydrogens is 604 g/mol. The van der Waals surface area contributed by atoms with Gasteiger partial charge in [-0.2, -0.15) is 0 Å². The minimum atomic E-state index is -1.26. The molecule has 1 N–H and O–H groups in total. The highest BCUT2D eigenvalue weighted by molar-refractivity contribution is 14.1. The average molecular weight is 638 g/mol. The summed E-state index contributed by atoms with van der Waals surface area (Å²) in [5, 5.41) is 9.37. The predicted octanol–water partition coefficient (Wildman–Crippen LogP) is 8.08. The van der Waals surface area contributed by atoms with Crippen LogP contribution >= 0.6 is 22.6 Å². The van der Waals surface area contributed by atoms with Gasteiger partial charge in [0.2, 0.25) is 0 Å². The molecule has 39 heavy (non-hydrogen) atoms. The van der Waals surface area contributed by atoms with Crippen LogP contribution in [-0.4, -0.2) is 31.0 Å². The topological polar surface area (TPSA) is 59.3 Å². The zero-order valence-corrected chi connectivity index (χ0v) is 24.3. The molecule has 1 fully saturated rings. The number of aromatic carboxylic acids is 1. The second-order valence-corrected chi connectivity index (χ2v) is 12.6. The fourth-order valence-corrected chi connectivity index (χ4v) is 6.70. The molecule has 3 aliphatic rings. The molecule has 1 aromatic heterocycles. The first kappa shape index (κ1) is 27.6. The van der Waals surface area contributed by atoms with Crippen molar-refractivity contribution in [2.75, 3.05) is 0 Å². The van der Waals surface area contributed by atoms with Gasteiger partial charge in [0, 0.05) is 34.3 Å². The number of hydrogen-bond donors (Lipinski definition) is 1. The van der Waals surface area contributed by atoms with Gasteiger partial charge in [-0.3, -0.25) is 4.79 Å². The fraction of sp³-hybridized carbons (Fsp3) is 0.333. The molecule has 2 aromatic rings. The molecule has 0 spiro atoms. The minimum Gasteiger partial charge on any atom is -0.478 e. The van der Waals surface area contributed by atoms with Crippen molar-refractivity contribution >= 4 is 40.4 Å². The first-order chi connectivity index (χ1) is 18.6. The summed E-state index contributed by atoms with van der Waals surface area (Å²) < 4.78 is 17.3. The van der Waals surface area contributed by atoms with E-state index in [2.05, 4.69) is 65.1 Å². The lowest BCUT2D eigenvalue weighted by molar-refractivity contribution is -0.114. The van der Waals surface area contributed by atoms with Crippen LogP contribution < -0.4 is 0 Å². The number of carboxylic acids is 1. The first-order valence-electron chi connectivity index (χ1n) is 13.5. The molecule has 1 unspecified atom stereocenters. The highest BCUT2D eigenvalue weighted by Gasteiger charge is 2.33. The van der Waals surface area contributed by atoms with Crippen LogP contribution in [0.15, 0.2) is 84.1 Å². The van der Waals surface area contributed by atoms with E-state index in [4.69, 9.17) is 0 Å². The quantitative estimate of drug-likeness (QED) is 0.198. The number of allylic oxidation sites excluding steroid dienone is 8. The van der Waals surface area contributed by atoms with E-state index in [0.717, 1.165) is 53.8 Å². The number of carbonyl (C=O) groups is 2. The van der Waals surface area contributed by atoms with E-state index in [-0.39, 0.29) is 15.3 Å². The number of hydrogen-bond acceptors (Lipinski definition) is 2. The molecular formula is C33H33FINO3. The molecule has 0 aliphatic heterocycles. The average Bonchev–Trinajstić information content (AvgIpc) is 3.02. The van der Waals surface area contributed by atoms with Crippen molar-refractivity contribution in [3.05, 3.63) is 101 Å². The van der Waals surface area contributed by atoms with Gasteiger partial charge < -0.3 is 9.67 Å². The standard InChI is InChI=1S/C33H33FINO3/c1-3-33(34)12-10-22(11-13-33)19-36-20-30(23-4-6-24(7-5-23)32(38)39)29-15-21(2)14-26(17-31(29)36)25-8-9-28(37)18-27(35)16-25/h3-9,14,16-17,20,22,27H,1,10-13,15,18-19H2,2H3,(H,38,39). The second kappa shape index (κ2) is 11.2. The Hall–Kier alpha value is -3.00. The van der Waals surface area contributed by atoms with Crippen LogP contribution in [0.3, 0.4) is 0 Å². The lowest BCUT2D eigenvalue weighted by Gasteiger charge is -2.32. The third-order valence-corrected chi connectivity index (χ3v) is 8.92. The maximum absolute atomic E-state index is 14.8. The van der Waals surface area contributed by atoms with E-state index in [9.17, 15) is 19.1 Å². The Morgan fingerprint density at radius 1 is 1.18 bits per heavy atom. The Bertz CT molecular complexity index is 1430. The van der Waals surface area contributed by atoms with Gasteiger partial charge >= 0.3 is 5.97 Å². The van der Waals surface area contributed by atoms with Gasteiger partial charge in [0.1, 0.15) is 5.67 Å². The highest BCUT2D eigenvalue weighted by atomic mass is 127.